The molecule has 0 saturated carbocycles. The highest BCUT2D eigenvalue weighted by atomic mass is 16.3. The molecule has 0 bridgehead atoms. The zero-order valence-electron chi connectivity index (χ0n) is 7.71. The van der Waals surface area contributed by atoms with Gasteiger partial charge in [-0.25, -0.2) is 0 Å². The fraction of sp³-hybridized carbons (Fsp3) is 1.00. The van der Waals surface area contributed by atoms with E-state index in [1.165, 1.54) is 6.42 Å². The predicted octanol–water partition coefficient (Wildman–Crippen LogP) is -0.338. The summed E-state index contributed by atoms with van der Waals surface area (Å²) in [6.45, 7) is 4.09. The third kappa shape index (κ3) is 1.26. The van der Waals surface area contributed by atoms with E-state index >= 15 is 0 Å². The van der Waals surface area contributed by atoms with Gasteiger partial charge in [0, 0.05) is 18.5 Å². The average Bonchev–Trinajstić information content (AvgIpc) is 2.41. The van der Waals surface area contributed by atoms with Gasteiger partial charge in [-0.15, -0.1) is 0 Å². The van der Waals surface area contributed by atoms with Crippen molar-refractivity contribution >= 4 is 0 Å². The lowest BCUT2D eigenvalue weighted by Gasteiger charge is -2.38. The Labute approximate surface area is 73.8 Å². The molecule has 2 unspecified atom stereocenters. The molecule has 1 spiro atoms. The normalized spacial score (nSPS) is 44.0. The number of likely N-dealkylation sites (tertiary alicyclic amines) is 1. The predicted molar refractivity (Wildman–Crippen MR) is 48.0 cm³/mol. The second-order valence-corrected chi connectivity index (χ2v) is 4.32. The number of aliphatic hydroxyl groups excluding tert-OH is 1. The van der Waals surface area contributed by atoms with Crippen LogP contribution < -0.4 is 5.32 Å². The fourth-order valence-corrected chi connectivity index (χ4v) is 2.54. The van der Waals surface area contributed by atoms with E-state index in [0.29, 0.717) is 0 Å². The highest BCUT2D eigenvalue weighted by Gasteiger charge is 2.43. The number of hydrogen-bond donors (Lipinski definition) is 2. The Balaban J connectivity index is 2.07. The third-order valence-electron chi connectivity index (χ3n) is 3.42. The van der Waals surface area contributed by atoms with Crippen LogP contribution in [0, 0.1) is 5.41 Å². The van der Waals surface area contributed by atoms with Crippen molar-refractivity contribution in [3.05, 3.63) is 0 Å². The van der Waals surface area contributed by atoms with Gasteiger partial charge in [0.05, 0.1) is 6.10 Å². The first-order valence-electron chi connectivity index (χ1n) is 4.80. The van der Waals surface area contributed by atoms with Gasteiger partial charge in [-0.3, -0.25) is 0 Å². The molecule has 3 nitrogen and oxygen atoms in total. The van der Waals surface area contributed by atoms with E-state index in [1.54, 1.807) is 0 Å². The zero-order valence-corrected chi connectivity index (χ0v) is 7.71. The van der Waals surface area contributed by atoms with Crippen molar-refractivity contribution in [2.45, 2.75) is 18.9 Å². The van der Waals surface area contributed by atoms with E-state index in [-0.39, 0.29) is 11.5 Å². The molecular weight excluding hydrogens is 152 g/mol. The first-order valence-corrected chi connectivity index (χ1v) is 4.80. The zero-order chi connectivity index (χ0) is 8.60. The number of nitrogens with zero attached hydrogens (tertiary/aromatic N) is 1. The van der Waals surface area contributed by atoms with E-state index in [4.69, 9.17) is 0 Å². The first kappa shape index (κ1) is 8.48. The third-order valence-corrected chi connectivity index (χ3v) is 3.42. The number of piperidine rings is 1. The molecule has 70 valence electrons. The summed E-state index contributed by atoms with van der Waals surface area (Å²) in [5, 5.41) is 13.1. The van der Waals surface area contributed by atoms with Crippen LogP contribution in [-0.2, 0) is 0 Å². The lowest BCUT2D eigenvalue weighted by atomic mass is 9.76. The first-order chi connectivity index (χ1) is 5.73. The van der Waals surface area contributed by atoms with Crippen molar-refractivity contribution in [2.75, 3.05) is 33.2 Å². The van der Waals surface area contributed by atoms with Crippen molar-refractivity contribution in [3.8, 4) is 0 Å². The number of β-amino-alcohol motifs (C(OH)–C–C–N with tert-alkyl or cyclic N) is 1. The van der Waals surface area contributed by atoms with Gasteiger partial charge in [0.2, 0.25) is 0 Å². The molecule has 2 aliphatic rings. The molecule has 2 heterocycles. The fourth-order valence-electron chi connectivity index (χ4n) is 2.54. The van der Waals surface area contributed by atoms with Crippen LogP contribution in [0.25, 0.3) is 0 Å². The summed E-state index contributed by atoms with van der Waals surface area (Å²) < 4.78 is 0. The quantitative estimate of drug-likeness (QED) is 0.522. The Hall–Kier alpha value is -0.120. The summed E-state index contributed by atoms with van der Waals surface area (Å²) in [4.78, 5) is 2.33. The highest BCUT2D eigenvalue weighted by molar-refractivity contribution is 4.97. The lowest BCUT2D eigenvalue weighted by Crippen LogP contribution is -2.50. The maximum atomic E-state index is 9.89. The summed E-state index contributed by atoms with van der Waals surface area (Å²) in [6.07, 6.45) is 2.18. The molecular formula is C9H18N2O. The van der Waals surface area contributed by atoms with Crippen molar-refractivity contribution < 1.29 is 5.11 Å². The lowest BCUT2D eigenvalue weighted by molar-refractivity contribution is 0.00721. The van der Waals surface area contributed by atoms with Gasteiger partial charge >= 0.3 is 0 Å². The molecule has 2 rings (SSSR count). The standard InChI is InChI=1S/C9H18N2O/c1-11-5-3-9(7-11)2-4-10-6-8(9)12/h8,10,12H,2-7H2,1H3. The Bertz CT molecular complexity index is 170. The van der Waals surface area contributed by atoms with Crippen LogP contribution >= 0.6 is 0 Å². The largest absolute Gasteiger partial charge is 0.391 e. The van der Waals surface area contributed by atoms with Gasteiger partial charge in [0.1, 0.15) is 0 Å². The van der Waals surface area contributed by atoms with E-state index in [0.717, 1.165) is 32.6 Å². The molecule has 0 radical (unpaired) electrons. The Morgan fingerprint density at radius 1 is 1.50 bits per heavy atom. The van der Waals surface area contributed by atoms with Crippen LogP contribution in [0.1, 0.15) is 12.8 Å². The minimum Gasteiger partial charge on any atom is -0.391 e. The van der Waals surface area contributed by atoms with E-state index in [2.05, 4.69) is 17.3 Å². The number of aliphatic hydroxyl groups is 1. The van der Waals surface area contributed by atoms with Crippen molar-refractivity contribution in [3.63, 3.8) is 0 Å². The SMILES string of the molecule is CN1CCC2(CCNCC2O)C1. The van der Waals surface area contributed by atoms with Crippen LogP contribution in [0.5, 0.6) is 0 Å². The molecule has 0 aromatic carbocycles. The maximum Gasteiger partial charge on any atom is 0.0733 e. The van der Waals surface area contributed by atoms with Gasteiger partial charge in [-0.2, -0.15) is 0 Å². The average molecular weight is 170 g/mol. The Morgan fingerprint density at radius 3 is 2.92 bits per heavy atom. The summed E-state index contributed by atoms with van der Waals surface area (Å²) in [5.41, 5.74) is 0.222. The van der Waals surface area contributed by atoms with Crippen molar-refractivity contribution in [1.29, 1.82) is 0 Å². The Morgan fingerprint density at radius 2 is 2.33 bits per heavy atom. The molecule has 2 N–H and O–H groups in total. The minimum absolute atomic E-state index is 0.129. The molecule has 2 saturated heterocycles. The minimum atomic E-state index is -0.129. The second-order valence-electron chi connectivity index (χ2n) is 4.32. The van der Waals surface area contributed by atoms with E-state index in [1.807, 2.05) is 0 Å². The Kier molecular flexibility index (Phi) is 2.10. The maximum absolute atomic E-state index is 9.89. The van der Waals surface area contributed by atoms with Gasteiger partial charge in [-0.05, 0) is 33.0 Å². The molecule has 2 fully saturated rings. The molecule has 0 aromatic rings. The number of hydrogen-bond acceptors (Lipinski definition) is 3. The smallest absolute Gasteiger partial charge is 0.0733 e. The van der Waals surface area contributed by atoms with Crippen LogP contribution in [0.4, 0.5) is 0 Å². The summed E-state index contributed by atoms with van der Waals surface area (Å²) in [5.74, 6) is 0. The molecule has 2 aliphatic heterocycles. The van der Waals surface area contributed by atoms with Gasteiger partial charge in [0.15, 0.2) is 0 Å². The summed E-state index contributed by atoms with van der Waals surface area (Å²) in [7, 11) is 2.14. The van der Waals surface area contributed by atoms with E-state index < -0.39 is 0 Å². The van der Waals surface area contributed by atoms with Crippen LogP contribution in [0.3, 0.4) is 0 Å². The van der Waals surface area contributed by atoms with E-state index in [9.17, 15) is 5.11 Å². The highest BCUT2D eigenvalue weighted by Crippen LogP contribution is 2.37. The number of rotatable bonds is 0. The molecule has 2 atom stereocenters. The van der Waals surface area contributed by atoms with Crippen LogP contribution in [-0.4, -0.2) is 49.3 Å². The molecule has 0 aliphatic carbocycles. The van der Waals surface area contributed by atoms with Crippen molar-refractivity contribution in [2.24, 2.45) is 5.41 Å². The summed E-state index contributed by atoms with van der Waals surface area (Å²) in [6, 6.07) is 0. The molecule has 0 aromatic heterocycles. The molecule has 0 amide bonds. The molecule has 12 heavy (non-hydrogen) atoms. The van der Waals surface area contributed by atoms with Crippen LogP contribution in [0.15, 0.2) is 0 Å². The van der Waals surface area contributed by atoms with Gasteiger partial charge in [-0.1, -0.05) is 0 Å². The molecule has 3 heteroatoms. The topological polar surface area (TPSA) is 35.5 Å². The number of nitrogens with one attached hydrogen (secondary N) is 1. The van der Waals surface area contributed by atoms with Crippen molar-refractivity contribution in [1.82, 2.24) is 10.2 Å². The van der Waals surface area contributed by atoms with Gasteiger partial charge < -0.3 is 15.3 Å². The second kappa shape index (κ2) is 2.98. The van der Waals surface area contributed by atoms with Crippen LogP contribution in [0.2, 0.25) is 0 Å². The summed E-state index contributed by atoms with van der Waals surface area (Å²) >= 11 is 0. The van der Waals surface area contributed by atoms with Gasteiger partial charge in [0.25, 0.3) is 0 Å². The monoisotopic (exact) mass is 170 g/mol.